The molecule has 0 saturated carbocycles. The van der Waals surface area contributed by atoms with Crippen LogP contribution >= 0.6 is 23.1 Å². The van der Waals surface area contributed by atoms with Crippen LogP contribution in [0.5, 0.6) is 0 Å². The number of aliphatic hydroxyl groups excluding tert-OH is 1. The Morgan fingerprint density at radius 1 is 0.956 bits per heavy atom. The molecule has 230 valence electrons. The first-order valence-electron chi connectivity index (χ1n) is 14.8. The maximum atomic E-state index is 12.6. The predicted octanol–water partition coefficient (Wildman–Crippen LogP) is 6.91. The topological polar surface area (TPSA) is 106 Å². The number of thioether (sulfide) groups is 1. The van der Waals surface area contributed by atoms with Gasteiger partial charge < -0.3 is 19.9 Å². The SMILES string of the molecule is Cc1nnc(SC[C@H]2O[C@@H](c3ccc(-c4ccccc4CNC(=O)c4cccnc4)cc3)O[C@@H](c3ccc(CO)cc3)[C@H]2C)s1. The molecule has 3 heterocycles. The first kappa shape index (κ1) is 31.1. The third-order valence-corrected chi connectivity index (χ3v) is 9.94. The first-order valence-corrected chi connectivity index (χ1v) is 16.6. The number of nitrogens with zero attached hydrogens (tertiary/aromatic N) is 3. The van der Waals surface area contributed by atoms with Crippen molar-refractivity contribution in [3.63, 3.8) is 0 Å². The number of nitrogens with one attached hydrogen (secondary N) is 1. The molecule has 6 rings (SSSR count). The Balaban J connectivity index is 1.21. The number of carbonyl (C=O) groups is 1. The van der Waals surface area contributed by atoms with Gasteiger partial charge in [-0.2, -0.15) is 0 Å². The van der Waals surface area contributed by atoms with Crippen LogP contribution < -0.4 is 5.32 Å². The van der Waals surface area contributed by atoms with Crippen LogP contribution in [0.1, 0.15) is 56.9 Å². The van der Waals surface area contributed by atoms with Crippen LogP contribution in [0.15, 0.2) is 102 Å². The fourth-order valence-electron chi connectivity index (χ4n) is 5.35. The fourth-order valence-corrected chi connectivity index (χ4v) is 7.36. The number of aryl methyl sites for hydroxylation is 1. The Hall–Kier alpha value is -3.93. The van der Waals surface area contributed by atoms with Crippen LogP contribution in [0.3, 0.4) is 0 Å². The lowest BCUT2D eigenvalue weighted by Crippen LogP contribution is -2.38. The summed E-state index contributed by atoms with van der Waals surface area (Å²) in [7, 11) is 0. The minimum Gasteiger partial charge on any atom is -0.392 e. The number of aromatic nitrogens is 3. The van der Waals surface area contributed by atoms with Crippen LogP contribution in [0, 0.1) is 12.8 Å². The third kappa shape index (κ3) is 7.49. The van der Waals surface area contributed by atoms with Crippen LogP contribution in [-0.2, 0) is 22.6 Å². The van der Waals surface area contributed by atoms with Crippen molar-refractivity contribution in [1.29, 1.82) is 0 Å². The lowest BCUT2D eigenvalue weighted by atomic mass is 9.91. The molecule has 45 heavy (non-hydrogen) atoms. The quantitative estimate of drug-likeness (QED) is 0.159. The van der Waals surface area contributed by atoms with Gasteiger partial charge in [0.25, 0.3) is 5.91 Å². The maximum absolute atomic E-state index is 12.6. The van der Waals surface area contributed by atoms with E-state index in [0.717, 1.165) is 48.5 Å². The van der Waals surface area contributed by atoms with Crippen molar-refractivity contribution in [2.24, 2.45) is 5.92 Å². The average Bonchev–Trinajstić information content (AvgIpc) is 3.52. The minimum absolute atomic E-state index is 0.0000216. The van der Waals surface area contributed by atoms with E-state index in [-0.39, 0.29) is 30.6 Å². The van der Waals surface area contributed by atoms with Gasteiger partial charge in [-0.25, -0.2) is 0 Å². The molecule has 5 aromatic rings. The van der Waals surface area contributed by atoms with Crippen molar-refractivity contribution >= 4 is 29.0 Å². The summed E-state index contributed by atoms with van der Waals surface area (Å²) in [6, 6.07) is 27.7. The average molecular weight is 639 g/mol. The zero-order valence-electron chi connectivity index (χ0n) is 25.0. The van der Waals surface area contributed by atoms with Crippen LogP contribution in [0.4, 0.5) is 0 Å². The van der Waals surface area contributed by atoms with E-state index < -0.39 is 6.29 Å². The summed E-state index contributed by atoms with van der Waals surface area (Å²) in [5, 5.41) is 21.9. The molecule has 4 atom stereocenters. The van der Waals surface area contributed by atoms with Crippen molar-refractivity contribution in [2.75, 3.05) is 5.75 Å². The highest BCUT2D eigenvalue weighted by Crippen LogP contribution is 2.43. The van der Waals surface area contributed by atoms with Crippen molar-refractivity contribution in [2.45, 2.75) is 49.8 Å². The zero-order chi connectivity index (χ0) is 31.2. The number of ether oxygens (including phenoxy) is 2. The molecular formula is C35H34N4O4S2. The Morgan fingerprint density at radius 3 is 2.44 bits per heavy atom. The van der Waals surface area contributed by atoms with E-state index in [4.69, 9.17) is 9.47 Å². The van der Waals surface area contributed by atoms with E-state index in [0.29, 0.717) is 12.1 Å². The van der Waals surface area contributed by atoms with Gasteiger partial charge in [0, 0.05) is 36.2 Å². The third-order valence-electron chi connectivity index (χ3n) is 7.88. The van der Waals surface area contributed by atoms with Gasteiger partial charge in [-0.05, 0) is 46.9 Å². The molecule has 10 heteroatoms. The molecule has 1 amide bonds. The molecule has 3 aromatic carbocycles. The van der Waals surface area contributed by atoms with Gasteiger partial charge in [0.05, 0.1) is 24.4 Å². The van der Waals surface area contributed by atoms with Gasteiger partial charge in [0.1, 0.15) is 5.01 Å². The summed E-state index contributed by atoms with van der Waals surface area (Å²) in [6.07, 6.45) is 2.36. The number of benzene rings is 3. The molecule has 0 radical (unpaired) electrons. The summed E-state index contributed by atoms with van der Waals surface area (Å²) < 4.78 is 14.2. The monoisotopic (exact) mass is 638 g/mol. The zero-order valence-corrected chi connectivity index (χ0v) is 26.6. The standard InChI is InChI=1S/C35H34N4O4S2/c1-22-31(21-44-35-39-38-23(2)45-35)42-34(43-32(22)26-11-9-24(20-40)10-12-26)27-15-13-25(14-16-27)30-8-4-3-6-28(30)19-37-33(41)29-7-5-17-36-18-29/h3-18,22,31-32,34,40H,19-21H2,1-2H3,(H,37,41)/t22-,31+,32+,34+/m0/s1. The highest BCUT2D eigenvalue weighted by Gasteiger charge is 2.38. The Kier molecular flexibility index (Phi) is 9.97. The van der Waals surface area contributed by atoms with Gasteiger partial charge >= 0.3 is 0 Å². The molecule has 2 N–H and O–H groups in total. The molecular weight excluding hydrogens is 605 g/mol. The molecule has 0 aliphatic carbocycles. The fraction of sp³-hybridized carbons (Fsp3) is 0.257. The number of pyridine rings is 1. The Bertz CT molecular complexity index is 1710. The number of carbonyl (C=O) groups excluding carboxylic acids is 1. The van der Waals surface area contributed by atoms with Crippen LogP contribution in [-0.4, -0.2) is 38.1 Å². The van der Waals surface area contributed by atoms with Gasteiger partial charge in [-0.1, -0.05) is 103 Å². The molecule has 0 unspecified atom stereocenters. The van der Waals surface area contributed by atoms with Crippen molar-refractivity contribution in [3.05, 3.63) is 130 Å². The molecule has 0 spiro atoms. The van der Waals surface area contributed by atoms with Gasteiger partial charge in [0.15, 0.2) is 10.6 Å². The van der Waals surface area contributed by atoms with Crippen LogP contribution in [0.2, 0.25) is 0 Å². The number of amides is 1. The summed E-state index contributed by atoms with van der Waals surface area (Å²) in [4.78, 5) is 16.7. The smallest absolute Gasteiger partial charge is 0.253 e. The van der Waals surface area contributed by atoms with Crippen molar-refractivity contribution in [1.82, 2.24) is 20.5 Å². The van der Waals surface area contributed by atoms with E-state index in [2.05, 4.69) is 45.6 Å². The largest absolute Gasteiger partial charge is 0.392 e. The second-order valence-corrected chi connectivity index (χ2v) is 13.4. The summed E-state index contributed by atoms with van der Waals surface area (Å²) in [6.45, 7) is 4.51. The van der Waals surface area contributed by atoms with Gasteiger partial charge in [-0.15, -0.1) is 10.2 Å². The van der Waals surface area contributed by atoms with Gasteiger partial charge in [-0.3, -0.25) is 9.78 Å². The highest BCUT2D eigenvalue weighted by molar-refractivity contribution is 8.01. The molecule has 2 aromatic heterocycles. The molecule has 1 saturated heterocycles. The van der Waals surface area contributed by atoms with Crippen LogP contribution in [0.25, 0.3) is 11.1 Å². The molecule has 0 bridgehead atoms. The van der Waals surface area contributed by atoms with E-state index in [1.54, 1.807) is 47.6 Å². The van der Waals surface area contributed by atoms with E-state index in [9.17, 15) is 9.90 Å². The first-order chi connectivity index (χ1) is 22.0. The van der Waals surface area contributed by atoms with Gasteiger partial charge in [0.2, 0.25) is 0 Å². The summed E-state index contributed by atoms with van der Waals surface area (Å²) in [5.74, 6) is 0.635. The van der Waals surface area contributed by atoms with E-state index >= 15 is 0 Å². The number of aliphatic hydroxyl groups is 1. The second-order valence-electron chi connectivity index (χ2n) is 10.9. The van der Waals surface area contributed by atoms with Crippen molar-refractivity contribution in [3.8, 4) is 11.1 Å². The van der Waals surface area contributed by atoms with E-state index in [1.807, 2.05) is 61.5 Å². The number of hydrogen-bond donors (Lipinski definition) is 2. The lowest BCUT2D eigenvalue weighted by Gasteiger charge is -2.41. The normalized spacial score (nSPS) is 19.7. The number of rotatable bonds is 10. The summed E-state index contributed by atoms with van der Waals surface area (Å²) >= 11 is 3.24. The molecule has 8 nitrogen and oxygen atoms in total. The summed E-state index contributed by atoms with van der Waals surface area (Å²) in [5.41, 5.74) is 6.44. The molecule has 1 aliphatic heterocycles. The number of hydrogen-bond acceptors (Lipinski definition) is 9. The second kappa shape index (κ2) is 14.4. The highest BCUT2D eigenvalue weighted by atomic mass is 32.2. The van der Waals surface area contributed by atoms with Crippen molar-refractivity contribution < 1.29 is 19.4 Å². The van der Waals surface area contributed by atoms with E-state index in [1.165, 1.54) is 0 Å². The molecule has 1 fully saturated rings. The molecule has 1 aliphatic rings. The predicted molar refractivity (Wildman–Crippen MR) is 176 cm³/mol. The Labute approximate surface area is 270 Å². The maximum Gasteiger partial charge on any atom is 0.253 e. The Morgan fingerprint density at radius 2 is 1.73 bits per heavy atom. The minimum atomic E-state index is -0.562. The lowest BCUT2D eigenvalue weighted by molar-refractivity contribution is -0.268.